The molecule has 1 atom stereocenters. The molecule has 0 aliphatic carbocycles. The SMILES string of the molecule is CCOC(=O)C(N=N)C1(O)CCN(C(=O)OC(C)(C)C)CC1. The molecule has 1 fully saturated rings. The van der Waals surface area contributed by atoms with E-state index in [1.807, 2.05) is 0 Å². The van der Waals surface area contributed by atoms with Crippen molar-refractivity contribution in [2.24, 2.45) is 5.11 Å². The molecular weight excluding hydrogens is 290 g/mol. The van der Waals surface area contributed by atoms with Crippen LogP contribution < -0.4 is 0 Å². The number of amides is 1. The number of esters is 1. The monoisotopic (exact) mass is 315 g/mol. The third-order valence-electron chi connectivity index (χ3n) is 3.43. The largest absolute Gasteiger partial charge is 0.464 e. The first-order valence-corrected chi connectivity index (χ1v) is 7.36. The fraction of sp³-hybridized carbons (Fsp3) is 0.857. The number of hydrogen-bond donors (Lipinski definition) is 2. The van der Waals surface area contributed by atoms with Gasteiger partial charge in [-0.05, 0) is 40.5 Å². The van der Waals surface area contributed by atoms with E-state index in [9.17, 15) is 14.7 Å². The van der Waals surface area contributed by atoms with Crippen molar-refractivity contribution >= 4 is 12.1 Å². The number of ether oxygens (including phenoxy) is 2. The summed E-state index contributed by atoms with van der Waals surface area (Å²) in [4.78, 5) is 25.2. The van der Waals surface area contributed by atoms with Crippen LogP contribution in [0.5, 0.6) is 0 Å². The fourth-order valence-electron chi connectivity index (χ4n) is 2.29. The lowest BCUT2D eigenvalue weighted by Crippen LogP contribution is -2.55. The maximum atomic E-state index is 12.0. The molecular formula is C14H25N3O5. The Bertz CT molecular complexity index is 425. The summed E-state index contributed by atoms with van der Waals surface area (Å²) in [6, 6.07) is -1.26. The Labute approximate surface area is 130 Å². The number of carbonyl (C=O) groups is 2. The van der Waals surface area contributed by atoms with Gasteiger partial charge >= 0.3 is 12.1 Å². The van der Waals surface area contributed by atoms with E-state index in [2.05, 4.69) is 5.11 Å². The van der Waals surface area contributed by atoms with Gasteiger partial charge in [-0.2, -0.15) is 5.11 Å². The van der Waals surface area contributed by atoms with Crippen LogP contribution in [0.1, 0.15) is 40.5 Å². The number of rotatable bonds is 4. The normalized spacial score (nSPS) is 19.2. The van der Waals surface area contributed by atoms with Crippen molar-refractivity contribution in [1.82, 2.24) is 4.90 Å². The van der Waals surface area contributed by atoms with Crippen LogP contribution in [0, 0.1) is 5.53 Å². The molecule has 1 unspecified atom stereocenters. The van der Waals surface area contributed by atoms with Gasteiger partial charge in [0, 0.05) is 13.1 Å². The summed E-state index contributed by atoms with van der Waals surface area (Å²) in [5, 5.41) is 13.8. The Kier molecular flexibility index (Phi) is 5.87. The molecule has 1 amide bonds. The molecule has 0 aromatic rings. The van der Waals surface area contributed by atoms with Gasteiger partial charge in [-0.25, -0.2) is 15.1 Å². The molecule has 8 heteroatoms. The van der Waals surface area contributed by atoms with Gasteiger partial charge in [0.15, 0.2) is 6.04 Å². The van der Waals surface area contributed by atoms with Crippen LogP contribution in [0.4, 0.5) is 4.79 Å². The van der Waals surface area contributed by atoms with Crippen LogP contribution in [0.25, 0.3) is 0 Å². The van der Waals surface area contributed by atoms with E-state index < -0.39 is 29.3 Å². The second-order valence-electron chi connectivity index (χ2n) is 6.35. The molecule has 0 radical (unpaired) electrons. The summed E-state index contributed by atoms with van der Waals surface area (Å²) in [5.41, 5.74) is 5.09. The zero-order chi connectivity index (χ0) is 17.0. The molecule has 0 spiro atoms. The van der Waals surface area contributed by atoms with Gasteiger partial charge in [-0.15, -0.1) is 0 Å². The summed E-state index contributed by atoms with van der Waals surface area (Å²) >= 11 is 0. The van der Waals surface area contributed by atoms with Crippen LogP contribution in [0.3, 0.4) is 0 Å². The van der Waals surface area contributed by atoms with Gasteiger partial charge < -0.3 is 19.5 Å². The first kappa shape index (κ1) is 18.3. The van der Waals surface area contributed by atoms with Crippen molar-refractivity contribution in [2.45, 2.75) is 57.8 Å². The lowest BCUT2D eigenvalue weighted by atomic mass is 9.84. The second kappa shape index (κ2) is 7.04. The van der Waals surface area contributed by atoms with E-state index in [4.69, 9.17) is 15.0 Å². The number of likely N-dealkylation sites (tertiary alicyclic amines) is 1. The minimum atomic E-state index is -1.47. The first-order valence-electron chi connectivity index (χ1n) is 7.36. The van der Waals surface area contributed by atoms with Crippen LogP contribution in [-0.4, -0.2) is 59.0 Å². The van der Waals surface area contributed by atoms with E-state index in [0.29, 0.717) is 0 Å². The van der Waals surface area contributed by atoms with Crippen molar-refractivity contribution in [3.8, 4) is 0 Å². The van der Waals surface area contributed by atoms with Gasteiger partial charge in [0.2, 0.25) is 0 Å². The molecule has 1 aliphatic rings. The number of piperidine rings is 1. The lowest BCUT2D eigenvalue weighted by Gasteiger charge is -2.40. The summed E-state index contributed by atoms with van der Waals surface area (Å²) in [6.45, 7) is 7.61. The molecule has 1 rings (SSSR count). The zero-order valence-corrected chi connectivity index (χ0v) is 13.6. The number of nitrogens with zero attached hydrogens (tertiary/aromatic N) is 2. The Morgan fingerprint density at radius 2 is 1.91 bits per heavy atom. The maximum Gasteiger partial charge on any atom is 0.410 e. The first-order chi connectivity index (χ1) is 10.1. The highest BCUT2D eigenvalue weighted by Gasteiger charge is 2.46. The van der Waals surface area contributed by atoms with Crippen LogP contribution in [0.15, 0.2) is 5.11 Å². The van der Waals surface area contributed by atoms with Crippen molar-refractivity contribution in [1.29, 1.82) is 5.53 Å². The summed E-state index contributed by atoms with van der Waals surface area (Å²) < 4.78 is 10.1. The van der Waals surface area contributed by atoms with Crippen molar-refractivity contribution in [3.05, 3.63) is 0 Å². The highest BCUT2D eigenvalue weighted by molar-refractivity contribution is 5.77. The van der Waals surface area contributed by atoms with E-state index in [0.717, 1.165) is 0 Å². The van der Waals surface area contributed by atoms with Gasteiger partial charge in [0.25, 0.3) is 0 Å². The summed E-state index contributed by atoms with van der Waals surface area (Å²) in [6.07, 6.45) is -0.180. The van der Waals surface area contributed by atoms with Crippen molar-refractivity contribution in [2.75, 3.05) is 19.7 Å². The molecule has 126 valence electrons. The topological polar surface area (TPSA) is 112 Å². The molecule has 8 nitrogen and oxygen atoms in total. The number of nitrogens with one attached hydrogen (secondary N) is 1. The highest BCUT2D eigenvalue weighted by atomic mass is 16.6. The lowest BCUT2D eigenvalue weighted by molar-refractivity contribution is -0.154. The zero-order valence-electron chi connectivity index (χ0n) is 13.6. The average Bonchev–Trinajstić information content (AvgIpc) is 2.38. The summed E-state index contributed by atoms with van der Waals surface area (Å²) in [5.74, 6) is -0.717. The summed E-state index contributed by atoms with van der Waals surface area (Å²) in [7, 11) is 0. The quantitative estimate of drug-likeness (QED) is 0.606. The molecule has 1 aliphatic heterocycles. The molecule has 1 heterocycles. The minimum Gasteiger partial charge on any atom is -0.464 e. The molecule has 0 aromatic heterocycles. The minimum absolute atomic E-state index is 0.137. The molecule has 0 bridgehead atoms. The molecule has 0 saturated carbocycles. The van der Waals surface area contributed by atoms with Crippen LogP contribution >= 0.6 is 0 Å². The molecule has 22 heavy (non-hydrogen) atoms. The second-order valence-corrected chi connectivity index (χ2v) is 6.35. The highest BCUT2D eigenvalue weighted by Crippen LogP contribution is 2.29. The fourth-order valence-corrected chi connectivity index (χ4v) is 2.29. The van der Waals surface area contributed by atoms with Crippen molar-refractivity contribution < 1.29 is 24.2 Å². The smallest absolute Gasteiger partial charge is 0.410 e. The predicted molar refractivity (Wildman–Crippen MR) is 77.6 cm³/mol. The van der Waals surface area contributed by atoms with Crippen molar-refractivity contribution in [3.63, 3.8) is 0 Å². The van der Waals surface area contributed by atoms with Gasteiger partial charge in [0.1, 0.15) is 11.2 Å². The molecule has 2 N–H and O–H groups in total. The van der Waals surface area contributed by atoms with Crippen LogP contribution in [0.2, 0.25) is 0 Å². The van der Waals surface area contributed by atoms with E-state index >= 15 is 0 Å². The Morgan fingerprint density at radius 1 is 1.36 bits per heavy atom. The third-order valence-corrected chi connectivity index (χ3v) is 3.43. The van der Waals surface area contributed by atoms with E-state index in [1.165, 1.54) is 4.90 Å². The van der Waals surface area contributed by atoms with Gasteiger partial charge in [0.05, 0.1) is 6.61 Å². The Hall–Kier alpha value is -1.70. The molecule has 0 aromatic carbocycles. The Balaban J connectivity index is 2.67. The maximum absolute atomic E-state index is 12.0. The van der Waals surface area contributed by atoms with Gasteiger partial charge in [-0.3, -0.25) is 0 Å². The number of carbonyl (C=O) groups excluding carboxylic acids is 2. The average molecular weight is 315 g/mol. The third kappa shape index (κ3) is 4.66. The van der Waals surface area contributed by atoms with Crippen LogP contribution in [-0.2, 0) is 14.3 Å². The van der Waals surface area contributed by atoms with Gasteiger partial charge in [-0.1, -0.05) is 0 Å². The predicted octanol–water partition coefficient (Wildman–Crippen LogP) is 1.71. The standard InChI is InChI=1S/C14H25N3O5/c1-5-21-11(18)10(16-15)14(20)6-8-17(9-7-14)12(19)22-13(2,3)4/h10,15,20H,5-9H2,1-4H3. The van der Waals surface area contributed by atoms with E-state index in [-0.39, 0.29) is 32.5 Å². The molecule has 1 saturated heterocycles. The number of aliphatic hydroxyl groups is 1. The van der Waals surface area contributed by atoms with E-state index in [1.54, 1.807) is 27.7 Å². The Morgan fingerprint density at radius 3 is 2.32 bits per heavy atom. The number of hydrogen-bond acceptors (Lipinski definition) is 7.